The first-order valence-electron chi connectivity index (χ1n) is 7.10. The molecule has 1 N–H and O–H groups in total. The van der Waals surface area contributed by atoms with Crippen LogP contribution in [-0.4, -0.2) is 19.2 Å². The van der Waals surface area contributed by atoms with Gasteiger partial charge in [0.1, 0.15) is 5.75 Å². The van der Waals surface area contributed by atoms with E-state index in [4.69, 9.17) is 4.74 Å². The zero-order valence-corrected chi connectivity index (χ0v) is 12.2. The van der Waals surface area contributed by atoms with Crippen molar-refractivity contribution in [3.63, 3.8) is 0 Å². The maximum Gasteiger partial charge on any atom is 0.119 e. The Bertz CT molecular complexity index is 318. The van der Waals surface area contributed by atoms with Crippen LogP contribution >= 0.6 is 0 Å². The van der Waals surface area contributed by atoms with Gasteiger partial charge >= 0.3 is 0 Å². The van der Waals surface area contributed by atoms with Gasteiger partial charge < -0.3 is 10.1 Å². The number of hydrogen-bond acceptors (Lipinski definition) is 2. The van der Waals surface area contributed by atoms with Gasteiger partial charge in [-0.25, -0.2) is 0 Å². The van der Waals surface area contributed by atoms with E-state index in [1.165, 1.54) is 12.0 Å². The fourth-order valence-corrected chi connectivity index (χ4v) is 1.91. The molecule has 18 heavy (non-hydrogen) atoms. The molecular weight excluding hydrogens is 222 g/mol. The fourth-order valence-electron chi connectivity index (χ4n) is 1.91. The van der Waals surface area contributed by atoms with Crippen LogP contribution in [0.5, 0.6) is 5.75 Å². The smallest absolute Gasteiger partial charge is 0.119 e. The lowest BCUT2D eigenvalue weighted by Gasteiger charge is -2.15. The molecule has 0 bridgehead atoms. The highest BCUT2D eigenvalue weighted by atomic mass is 16.5. The summed E-state index contributed by atoms with van der Waals surface area (Å²) < 4.78 is 5.90. The van der Waals surface area contributed by atoms with Gasteiger partial charge in [0.2, 0.25) is 0 Å². The maximum atomic E-state index is 5.90. The topological polar surface area (TPSA) is 21.3 Å². The Labute approximate surface area is 112 Å². The lowest BCUT2D eigenvalue weighted by atomic mass is 10.0. The molecule has 1 aromatic carbocycles. The van der Waals surface area contributed by atoms with Gasteiger partial charge in [-0.05, 0) is 56.5 Å². The van der Waals surface area contributed by atoms with Crippen LogP contribution in [0.1, 0.15) is 52.0 Å². The van der Waals surface area contributed by atoms with Crippen LogP contribution in [0.15, 0.2) is 24.3 Å². The zero-order valence-electron chi connectivity index (χ0n) is 12.2. The normalized spacial score (nSPS) is 12.7. The number of nitrogens with one attached hydrogen (secondary N) is 1. The van der Waals surface area contributed by atoms with Crippen LogP contribution in [0.3, 0.4) is 0 Å². The van der Waals surface area contributed by atoms with Crippen LogP contribution in [0.25, 0.3) is 0 Å². The summed E-state index contributed by atoms with van der Waals surface area (Å²) in [7, 11) is 0. The maximum absolute atomic E-state index is 5.90. The molecule has 102 valence electrons. The van der Waals surface area contributed by atoms with Crippen molar-refractivity contribution < 1.29 is 4.74 Å². The number of rotatable bonds is 8. The molecule has 0 heterocycles. The monoisotopic (exact) mass is 249 g/mol. The third-order valence-electron chi connectivity index (χ3n) is 3.10. The van der Waals surface area contributed by atoms with E-state index in [2.05, 4.69) is 57.3 Å². The zero-order chi connectivity index (χ0) is 13.4. The fraction of sp³-hybridized carbons (Fsp3) is 0.625. The van der Waals surface area contributed by atoms with Crippen LogP contribution in [-0.2, 0) is 0 Å². The third kappa shape index (κ3) is 5.54. The third-order valence-corrected chi connectivity index (χ3v) is 3.10. The van der Waals surface area contributed by atoms with E-state index < -0.39 is 0 Å². The lowest BCUT2D eigenvalue weighted by molar-refractivity contribution is 0.207. The molecule has 1 unspecified atom stereocenters. The van der Waals surface area contributed by atoms with Crippen LogP contribution in [0.2, 0.25) is 0 Å². The van der Waals surface area contributed by atoms with Gasteiger partial charge in [-0.15, -0.1) is 0 Å². The molecule has 1 atom stereocenters. The van der Waals surface area contributed by atoms with E-state index in [1.54, 1.807) is 0 Å². The van der Waals surface area contributed by atoms with Gasteiger partial charge in [-0.2, -0.15) is 0 Å². The van der Waals surface area contributed by atoms with Crippen molar-refractivity contribution in [2.24, 2.45) is 0 Å². The first kappa shape index (κ1) is 15.0. The minimum Gasteiger partial charge on any atom is -0.491 e. The second-order valence-electron chi connectivity index (χ2n) is 5.15. The molecule has 0 saturated carbocycles. The minimum atomic E-state index is 0.286. The van der Waals surface area contributed by atoms with Gasteiger partial charge in [0.15, 0.2) is 0 Å². The average Bonchev–Trinajstić information content (AvgIpc) is 2.35. The Balaban J connectivity index is 2.32. The molecule has 2 heteroatoms. The average molecular weight is 249 g/mol. The van der Waals surface area contributed by atoms with E-state index in [0.29, 0.717) is 5.92 Å². The summed E-state index contributed by atoms with van der Waals surface area (Å²) in [6.07, 6.45) is 2.55. The van der Waals surface area contributed by atoms with Crippen molar-refractivity contribution in [2.45, 2.75) is 52.6 Å². The predicted molar refractivity (Wildman–Crippen MR) is 78.4 cm³/mol. The largest absolute Gasteiger partial charge is 0.491 e. The van der Waals surface area contributed by atoms with Crippen molar-refractivity contribution >= 4 is 0 Å². The molecule has 1 aromatic rings. The summed E-state index contributed by atoms with van der Waals surface area (Å²) in [4.78, 5) is 0. The highest BCUT2D eigenvalue weighted by Gasteiger charge is 2.04. The van der Waals surface area contributed by atoms with Crippen LogP contribution in [0, 0.1) is 0 Å². The van der Waals surface area contributed by atoms with Gasteiger partial charge in [-0.3, -0.25) is 0 Å². The Morgan fingerprint density at radius 3 is 2.33 bits per heavy atom. The summed E-state index contributed by atoms with van der Waals surface area (Å²) in [5, 5.41) is 3.33. The summed E-state index contributed by atoms with van der Waals surface area (Å²) >= 11 is 0. The number of hydrogen-bond donors (Lipinski definition) is 1. The summed E-state index contributed by atoms with van der Waals surface area (Å²) in [5.41, 5.74) is 1.36. The lowest BCUT2D eigenvalue weighted by Crippen LogP contribution is -2.18. The van der Waals surface area contributed by atoms with Gasteiger partial charge in [0.05, 0.1) is 6.10 Å². The molecule has 0 aliphatic carbocycles. The predicted octanol–water partition coefficient (Wildman–Crippen LogP) is 3.97. The van der Waals surface area contributed by atoms with Gasteiger partial charge in [0, 0.05) is 0 Å². The Morgan fingerprint density at radius 1 is 1.11 bits per heavy atom. The molecule has 0 saturated heterocycles. The van der Waals surface area contributed by atoms with Crippen LogP contribution in [0.4, 0.5) is 0 Å². The number of benzene rings is 1. The summed E-state index contributed by atoms with van der Waals surface area (Å²) in [6.45, 7) is 10.8. The second kappa shape index (κ2) is 8.15. The summed E-state index contributed by atoms with van der Waals surface area (Å²) in [5.74, 6) is 1.56. The van der Waals surface area contributed by atoms with E-state index in [9.17, 15) is 0 Å². The second-order valence-corrected chi connectivity index (χ2v) is 5.15. The molecule has 2 nitrogen and oxygen atoms in total. The van der Waals surface area contributed by atoms with Crippen molar-refractivity contribution in [1.82, 2.24) is 5.32 Å². The SMILES string of the molecule is CCNCCCC(C)Oc1ccc(C(C)C)cc1. The molecule has 0 radical (unpaired) electrons. The van der Waals surface area contributed by atoms with E-state index in [0.717, 1.165) is 25.3 Å². The Kier molecular flexibility index (Phi) is 6.81. The van der Waals surface area contributed by atoms with Gasteiger partial charge in [0.25, 0.3) is 0 Å². The quantitative estimate of drug-likeness (QED) is 0.704. The molecule has 0 spiro atoms. The van der Waals surface area contributed by atoms with E-state index in [1.807, 2.05) is 0 Å². The van der Waals surface area contributed by atoms with Crippen LogP contribution < -0.4 is 10.1 Å². The molecular formula is C16H27NO. The van der Waals surface area contributed by atoms with E-state index in [-0.39, 0.29) is 6.10 Å². The Hall–Kier alpha value is -1.02. The van der Waals surface area contributed by atoms with E-state index >= 15 is 0 Å². The first-order valence-corrected chi connectivity index (χ1v) is 7.10. The molecule has 0 aromatic heterocycles. The molecule has 0 aliphatic rings. The highest BCUT2D eigenvalue weighted by Crippen LogP contribution is 2.20. The van der Waals surface area contributed by atoms with Crippen molar-refractivity contribution in [1.29, 1.82) is 0 Å². The Morgan fingerprint density at radius 2 is 1.78 bits per heavy atom. The minimum absolute atomic E-state index is 0.286. The van der Waals surface area contributed by atoms with Crippen molar-refractivity contribution in [3.8, 4) is 5.75 Å². The molecule has 0 fully saturated rings. The number of ether oxygens (including phenoxy) is 1. The summed E-state index contributed by atoms with van der Waals surface area (Å²) in [6, 6.07) is 8.48. The first-order chi connectivity index (χ1) is 8.63. The highest BCUT2D eigenvalue weighted by molar-refractivity contribution is 5.28. The van der Waals surface area contributed by atoms with Crippen molar-refractivity contribution in [2.75, 3.05) is 13.1 Å². The van der Waals surface area contributed by atoms with Crippen molar-refractivity contribution in [3.05, 3.63) is 29.8 Å². The standard InChI is InChI=1S/C16H27NO/c1-5-17-12-6-7-14(4)18-16-10-8-15(9-11-16)13(2)3/h8-11,13-14,17H,5-7,12H2,1-4H3. The molecule has 1 rings (SSSR count). The van der Waals surface area contributed by atoms with Gasteiger partial charge in [-0.1, -0.05) is 32.9 Å². The molecule has 0 amide bonds. The molecule has 0 aliphatic heterocycles.